The summed E-state index contributed by atoms with van der Waals surface area (Å²) in [7, 11) is 12.5. The van der Waals surface area contributed by atoms with Gasteiger partial charge in [-0.05, 0) is 58.4 Å². The average Bonchev–Trinajstić information content (AvgIpc) is 2.57. The smallest absolute Gasteiger partial charge is 0.150 e. The number of aldehydes is 1. The molecule has 0 heterocycles. The largest absolute Gasteiger partial charge is 0.375 e. The minimum atomic E-state index is 0.729. The molecule has 6 heteroatoms. The Labute approximate surface area is 155 Å². The van der Waals surface area contributed by atoms with E-state index in [2.05, 4.69) is 42.9 Å². The topological polar surface area (TPSA) is 26.8 Å². The van der Waals surface area contributed by atoms with E-state index in [1.165, 1.54) is 11.5 Å². The molecule has 136 valence electrons. The van der Waals surface area contributed by atoms with Crippen molar-refractivity contribution in [2.24, 2.45) is 0 Å². The number of hydrogen-bond donors (Lipinski definition) is 0. The molecule has 0 saturated heterocycles. The van der Waals surface area contributed by atoms with Crippen molar-refractivity contribution >= 4 is 33.6 Å². The molecule has 0 amide bonds. The van der Waals surface area contributed by atoms with E-state index in [-0.39, 0.29) is 0 Å². The summed E-state index contributed by atoms with van der Waals surface area (Å²) in [5.41, 5.74) is 1.89. The first-order valence-corrected chi connectivity index (χ1v) is 10.9. The van der Waals surface area contributed by atoms with Crippen molar-refractivity contribution < 1.29 is 4.79 Å². The molecule has 0 radical (unpaired) electrons. The molecule has 0 N–H and O–H groups in total. The Morgan fingerprint density at radius 1 is 0.875 bits per heavy atom. The number of carbonyl (C=O) groups is 1. The average molecular weight is 370 g/mol. The molecule has 0 aliphatic heterocycles. The Balaban J connectivity index is 2.09. The van der Waals surface area contributed by atoms with Gasteiger partial charge in [0, 0.05) is 49.4 Å². The van der Waals surface area contributed by atoms with E-state index in [1.807, 2.05) is 45.9 Å². The van der Waals surface area contributed by atoms with Crippen molar-refractivity contribution in [3.63, 3.8) is 0 Å². The Bertz CT molecular complexity index is 454. The summed E-state index contributed by atoms with van der Waals surface area (Å²) in [5, 5.41) is 0. The molecule has 1 rings (SSSR count). The number of carbonyl (C=O) groups excluding carboxylic acids is 1. The van der Waals surface area contributed by atoms with Crippen molar-refractivity contribution in [2.45, 2.75) is 6.42 Å². The SMILES string of the molecule is CN(C)CCSSCCN(C)CCCN(C)c1ccc(C=O)cc1. The van der Waals surface area contributed by atoms with Crippen molar-refractivity contribution in [1.82, 2.24) is 9.80 Å². The maximum absolute atomic E-state index is 10.7. The van der Waals surface area contributed by atoms with E-state index in [0.29, 0.717) is 0 Å². The molecule has 24 heavy (non-hydrogen) atoms. The third-order valence-electron chi connectivity index (χ3n) is 3.76. The van der Waals surface area contributed by atoms with Crippen LogP contribution in [0.2, 0.25) is 0 Å². The Hall–Kier alpha value is -0.690. The molecule has 0 aliphatic rings. The van der Waals surface area contributed by atoms with Gasteiger partial charge in [-0.1, -0.05) is 21.6 Å². The first-order valence-electron chi connectivity index (χ1n) is 8.37. The van der Waals surface area contributed by atoms with Crippen LogP contribution in [-0.4, -0.2) is 82.0 Å². The lowest BCUT2D eigenvalue weighted by molar-refractivity contribution is 0.112. The highest BCUT2D eigenvalue weighted by Gasteiger charge is 2.03. The summed E-state index contributed by atoms with van der Waals surface area (Å²) >= 11 is 0. The summed E-state index contributed by atoms with van der Waals surface area (Å²) in [4.78, 5) is 17.6. The fourth-order valence-corrected chi connectivity index (χ4v) is 4.37. The van der Waals surface area contributed by atoms with Gasteiger partial charge in [-0.15, -0.1) is 0 Å². The Kier molecular flexibility index (Phi) is 11.2. The zero-order valence-corrected chi connectivity index (χ0v) is 17.0. The van der Waals surface area contributed by atoms with Crippen LogP contribution in [0, 0.1) is 0 Å². The lowest BCUT2D eigenvalue weighted by Gasteiger charge is -2.22. The second-order valence-corrected chi connectivity index (χ2v) is 8.94. The number of benzene rings is 1. The first kappa shape index (κ1) is 21.4. The molecule has 0 aliphatic carbocycles. The fraction of sp³-hybridized carbons (Fsp3) is 0.611. The van der Waals surface area contributed by atoms with Crippen LogP contribution in [0.25, 0.3) is 0 Å². The first-order chi connectivity index (χ1) is 11.5. The van der Waals surface area contributed by atoms with Gasteiger partial charge in [0.05, 0.1) is 0 Å². The molecular formula is C18H31N3OS2. The van der Waals surface area contributed by atoms with E-state index in [4.69, 9.17) is 0 Å². The molecule has 0 bridgehead atoms. The van der Waals surface area contributed by atoms with E-state index >= 15 is 0 Å². The van der Waals surface area contributed by atoms with Crippen molar-refractivity contribution in [3.05, 3.63) is 29.8 Å². The molecule has 0 unspecified atom stereocenters. The molecule has 0 fully saturated rings. The van der Waals surface area contributed by atoms with Crippen molar-refractivity contribution in [2.75, 3.05) is 70.8 Å². The van der Waals surface area contributed by atoms with Gasteiger partial charge in [0.15, 0.2) is 0 Å². The molecule has 1 aromatic carbocycles. The van der Waals surface area contributed by atoms with Gasteiger partial charge in [-0.25, -0.2) is 0 Å². The van der Waals surface area contributed by atoms with Gasteiger partial charge in [-0.3, -0.25) is 4.79 Å². The number of rotatable bonds is 13. The Morgan fingerprint density at radius 3 is 2.08 bits per heavy atom. The van der Waals surface area contributed by atoms with Gasteiger partial charge >= 0.3 is 0 Å². The van der Waals surface area contributed by atoms with Gasteiger partial charge in [0.1, 0.15) is 6.29 Å². The van der Waals surface area contributed by atoms with Crippen LogP contribution < -0.4 is 4.90 Å². The predicted molar refractivity (Wildman–Crippen MR) is 111 cm³/mol. The zero-order valence-electron chi connectivity index (χ0n) is 15.4. The van der Waals surface area contributed by atoms with Crippen molar-refractivity contribution in [3.8, 4) is 0 Å². The van der Waals surface area contributed by atoms with Gasteiger partial charge in [0.25, 0.3) is 0 Å². The predicted octanol–water partition coefficient (Wildman–Crippen LogP) is 3.20. The highest BCUT2D eigenvalue weighted by Crippen LogP contribution is 2.20. The van der Waals surface area contributed by atoms with E-state index in [9.17, 15) is 4.79 Å². The number of anilines is 1. The monoisotopic (exact) mass is 369 g/mol. The second-order valence-electron chi connectivity index (χ2n) is 6.23. The highest BCUT2D eigenvalue weighted by atomic mass is 33.1. The quantitative estimate of drug-likeness (QED) is 0.301. The minimum absolute atomic E-state index is 0.729. The van der Waals surface area contributed by atoms with Crippen LogP contribution in [-0.2, 0) is 0 Å². The van der Waals surface area contributed by atoms with Crippen LogP contribution in [0.4, 0.5) is 5.69 Å². The number of hydrogen-bond acceptors (Lipinski definition) is 6. The highest BCUT2D eigenvalue weighted by molar-refractivity contribution is 8.76. The van der Waals surface area contributed by atoms with Gasteiger partial charge < -0.3 is 14.7 Å². The third-order valence-corrected chi connectivity index (χ3v) is 6.13. The zero-order chi connectivity index (χ0) is 17.8. The molecule has 0 atom stereocenters. The number of nitrogens with zero attached hydrogens (tertiary/aromatic N) is 3. The van der Waals surface area contributed by atoms with E-state index in [1.54, 1.807) is 0 Å². The molecule has 0 aromatic heterocycles. The van der Waals surface area contributed by atoms with Crippen molar-refractivity contribution in [1.29, 1.82) is 0 Å². The van der Waals surface area contributed by atoms with E-state index < -0.39 is 0 Å². The molecule has 0 spiro atoms. The van der Waals surface area contributed by atoms with Crippen LogP contribution in [0.1, 0.15) is 16.8 Å². The molecule has 1 aromatic rings. The fourth-order valence-electron chi connectivity index (χ4n) is 2.16. The third kappa shape index (κ3) is 9.57. The van der Waals surface area contributed by atoms with Crippen LogP contribution >= 0.6 is 21.6 Å². The molecular weight excluding hydrogens is 338 g/mol. The maximum Gasteiger partial charge on any atom is 0.150 e. The van der Waals surface area contributed by atoms with Gasteiger partial charge in [-0.2, -0.15) is 0 Å². The molecule has 0 saturated carbocycles. The van der Waals surface area contributed by atoms with Gasteiger partial charge in [0.2, 0.25) is 0 Å². The summed E-state index contributed by atoms with van der Waals surface area (Å²) in [6.45, 7) is 4.42. The normalized spacial score (nSPS) is 11.2. The summed E-state index contributed by atoms with van der Waals surface area (Å²) in [6.07, 6.45) is 2.02. The summed E-state index contributed by atoms with van der Waals surface area (Å²) < 4.78 is 0. The second kappa shape index (κ2) is 12.6. The standard InChI is InChI=1S/C18H31N3OS2/c1-19(2)12-14-23-24-15-13-20(3)10-5-11-21(4)18-8-6-17(16-22)7-9-18/h6-9,16H,5,10-15H2,1-4H3. The van der Waals surface area contributed by atoms with Crippen LogP contribution in [0.3, 0.4) is 0 Å². The summed E-state index contributed by atoms with van der Waals surface area (Å²) in [6, 6.07) is 7.76. The Morgan fingerprint density at radius 2 is 1.50 bits per heavy atom. The summed E-state index contributed by atoms with van der Waals surface area (Å²) in [5.74, 6) is 2.37. The lowest BCUT2D eigenvalue weighted by atomic mass is 10.2. The minimum Gasteiger partial charge on any atom is -0.375 e. The van der Waals surface area contributed by atoms with Crippen LogP contribution in [0.15, 0.2) is 24.3 Å². The van der Waals surface area contributed by atoms with Crippen LogP contribution in [0.5, 0.6) is 0 Å². The lowest BCUT2D eigenvalue weighted by Crippen LogP contribution is -2.27. The maximum atomic E-state index is 10.7. The van der Waals surface area contributed by atoms with E-state index in [0.717, 1.165) is 50.1 Å². The molecule has 4 nitrogen and oxygen atoms in total.